The van der Waals surface area contributed by atoms with E-state index in [-0.39, 0.29) is 18.5 Å². The molecule has 0 aliphatic carbocycles. The molecular weight excluding hydrogens is 372 g/mol. The van der Waals surface area contributed by atoms with E-state index in [2.05, 4.69) is 20.8 Å². The second-order valence-electron chi connectivity index (χ2n) is 9.80. The van der Waals surface area contributed by atoms with Gasteiger partial charge in [0, 0.05) is 6.61 Å². The Hall–Kier alpha value is -0.120. The number of aliphatic hydroxyl groups is 1. The molecule has 3 nitrogen and oxygen atoms in total. The molecule has 1 N–H and O–H groups in total. The van der Waals surface area contributed by atoms with Gasteiger partial charge in [0.25, 0.3) is 0 Å². The van der Waals surface area contributed by atoms with E-state index in [9.17, 15) is 5.11 Å². The minimum atomic E-state index is -0.251. The third kappa shape index (κ3) is 14.8. The Morgan fingerprint density at radius 1 is 0.800 bits per heavy atom. The van der Waals surface area contributed by atoms with Gasteiger partial charge in [-0.25, -0.2) is 0 Å². The molecule has 1 fully saturated rings. The van der Waals surface area contributed by atoms with Crippen molar-refractivity contribution in [2.45, 2.75) is 161 Å². The van der Waals surface area contributed by atoms with Gasteiger partial charge in [0.15, 0.2) is 6.29 Å². The molecule has 4 atom stereocenters. The molecule has 0 radical (unpaired) electrons. The van der Waals surface area contributed by atoms with Crippen LogP contribution in [0.15, 0.2) is 0 Å². The Morgan fingerprint density at radius 3 is 1.97 bits per heavy atom. The van der Waals surface area contributed by atoms with Gasteiger partial charge >= 0.3 is 0 Å². The first-order valence-corrected chi connectivity index (χ1v) is 13.6. The quantitative estimate of drug-likeness (QED) is 0.199. The van der Waals surface area contributed by atoms with Crippen LogP contribution < -0.4 is 0 Å². The molecule has 1 heterocycles. The predicted octanol–water partition coefficient (Wildman–Crippen LogP) is 8.18. The van der Waals surface area contributed by atoms with Gasteiger partial charge in [0.05, 0.1) is 12.2 Å². The lowest BCUT2D eigenvalue weighted by atomic mass is 9.92. The van der Waals surface area contributed by atoms with Crippen molar-refractivity contribution in [1.29, 1.82) is 0 Å². The summed E-state index contributed by atoms with van der Waals surface area (Å²) in [6.45, 7) is 7.57. The smallest absolute Gasteiger partial charge is 0.157 e. The summed E-state index contributed by atoms with van der Waals surface area (Å²) in [6, 6.07) is 0. The van der Waals surface area contributed by atoms with E-state index in [1.54, 1.807) is 0 Å². The summed E-state index contributed by atoms with van der Waals surface area (Å²) in [5, 5.41) is 10.8. The van der Waals surface area contributed by atoms with Gasteiger partial charge in [0.1, 0.15) is 0 Å². The van der Waals surface area contributed by atoms with Crippen LogP contribution in [0.1, 0.15) is 143 Å². The average molecular weight is 427 g/mol. The Morgan fingerprint density at radius 2 is 1.37 bits per heavy atom. The second kappa shape index (κ2) is 19.6. The highest BCUT2D eigenvalue weighted by atomic mass is 16.7. The van der Waals surface area contributed by atoms with Gasteiger partial charge in [-0.3, -0.25) is 0 Å². The molecular formula is C27H54O3. The van der Waals surface area contributed by atoms with Crippen molar-refractivity contribution < 1.29 is 14.6 Å². The number of aliphatic hydroxyl groups excluding tert-OH is 1. The van der Waals surface area contributed by atoms with Gasteiger partial charge < -0.3 is 14.6 Å². The fourth-order valence-corrected chi connectivity index (χ4v) is 4.54. The lowest BCUT2D eigenvalue weighted by Gasteiger charge is -2.30. The van der Waals surface area contributed by atoms with Crippen LogP contribution >= 0.6 is 0 Å². The topological polar surface area (TPSA) is 38.7 Å². The maximum atomic E-state index is 10.8. The second-order valence-corrected chi connectivity index (χ2v) is 9.80. The molecule has 180 valence electrons. The van der Waals surface area contributed by atoms with Crippen molar-refractivity contribution in [3.05, 3.63) is 0 Å². The standard InChI is InChI=1S/C27H54O3/c1-4-6-8-10-11-12-13-14-16-20-25(30-27-21-17-18-22-29-27)23-26(28)24(3)19-15-9-7-5-2/h24-28H,4-23H2,1-3H3/t24-,25+,26-,27?/m0/s1. The van der Waals surface area contributed by atoms with Crippen LogP contribution in [0.25, 0.3) is 0 Å². The Balaban J connectivity index is 2.29. The van der Waals surface area contributed by atoms with E-state index in [0.29, 0.717) is 5.92 Å². The summed E-state index contributed by atoms with van der Waals surface area (Å²) in [5.41, 5.74) is 0. The van der Waals surface area contributed by atoms with Crippen LogP contribution in [0.4, 0.5) is 0 Å². The van der Waals surface area contributed by atoms with Gasteiger partial charge in [0.2, 0.25) is 0 Å². The normalized spacial score (nSPS) is 20.2. The molecule has 0 aromatic rings. The molecule has 0 aromatic carbocycles. The Bertz CT molecular complexity index is 354. The molecule has 0 saturated carbocycles. The molecule has 30 heavy (non-hydrogen) atoms. The average Bonchev–Trinajstić information content (AvgIpc) is 2.76. The zero-order valence-electron chi connectivity index (χ0n) is 20.7. The fraction of sp³-hybridized carbons (Fsp3) is 1.00. The summed E-state index contributed by atoms with van der Waals surface area (Å²) in [7, 11) is 0. The van der Waals surface area contributed by atoms with E-state index < -0.39 is 0 Å². The van der Waals surface area contributed by atoms with Crippen LogP contribution in [0.5, 0.6) is 0 Å². The molecule has 0 amide bonds. The third-order valence-corrected chi connectivity index (χ3v) is 6.79. The van der Waals surface area contributed by atoms with Crippen LogP contribution in [-0.4, -0.2) is 30.2 Å². The predicted molar refractivity (Wildman–Crippen MR) is 129 cm³/mol. The first-order valence-electron chi connectivity index (χ1n) is 13.6. The molecule has 1 aliphatic heterocycles. The molecule has 0 spiro atoms. The fourth-order valence-electron chi connectivity index (χ4n) is 4.54. The Kier molecular flexibility index (Phi) is 18.2. The van der Waals surface area contributed by atoms with E-state index in [0.717, 1.165) is 38.7 Å². The van der Waals surface area contributed by atoms with E-state index >= 15 is 0 Å². The van der Waals surface area contributed by atoms with Gasteiger partial charge in [-0.05, 0) is 44.4 Å². The SMILES string of the molecule is CCCCCCCCCCC[C@H](C[C@H](O)[C@@H](C)CCCCCC)OC1CCCCO1. The summed E-state index contributed by atoms with van der Waals surface area (Å²) in [4.78, 5) is 0. The molecule has 1 aliphatic rings. The van der Waals surface area contributed by atoms with Crippen molar-refractivity contribution in [1.82, 2.24) is 0 Å². The number of rotatable bonds is 20. The zero-order chi connectivity index (χ0) is 21.9. The van der Waals surface area contributed by atoms with Gasteiger partial charge in [-0.1, -0.05) is 104 Å². The monoisotopic (exact) mass is 426 g/mol. The maximum Gasteiger partial charge on any atom is 0.157 e. The van der Waals surface area contributed by atoms with Crippen LogP contribution in [0.3, 0.4) is 0 Å². The molecule has 1 saturated heterocycles. The summed E-state index contributed by atoms with van der Waals surface area (Å²) < 4.78 is 12.2. The number of hydrogen-bond acceptors (Lipinski definition) is 3. The summed E-state index contributed by atoms with van der Waals surface area (Å²) in [6.07, 6.45) is 23.4. The summed E-state index contributed by atoms with van der Waals surface area (Å²) >= 11 is 0. The van der Waals surface area contributed by atoms with E-state index in [1.807, 2.05) is 0 Å². The number of unbranched alkanes of at least 4 members (excludes halogenated alkanes) is 11. The van der Waals surface area contributed by atoms with E-state index in [4.69, 9.17) is 9.47 Å². The van der Waals surface area contributed by atoms with Gasteiger partial charge in [-0.15, -0.1) is 0 Å². The largest absolute Gasteiger partial charge is 0.393 e. The van der Waals surface area contributed by atoms with Crippen molar-refractivity contribution in [2.24, 2.45) is 5.92 Å². The summed E-state index contributed by atoms with van der Waals surface area (Å²) in [5.74, 6) is 0.364. The molecule has 1 rings (SSSR count). The van der Waals surface area contributed by atoms with Crippen LogP contribution in [0.2, 0.25) is 0 Å². The molecule has 3 heteroatoms. The van der Waals surface area contributed by atoms with Crippen molar-refractivity contribution in [3.8, 4) is 0 Å². The highest BCUT2D eigenvalue weighted by molar-refractivity contribution is 4.72. The number of hydrogen-bond donors (Lipinski definition) is 1. The van der Waals surface area contributed by atoms with E-state index in [1.165, 1.54) is 89.9 Å². The van der Waals surface area contributed by atoms with Gasteiger partial charge in [-0.2, -0.15) is 0 Å². The first-order chi connectivity index (χ1) is 14.7. The zero-order valence-corrected chi connectivity index (χ0v) is 20.7. The highest BCUT2D eigenvalue weighted by Gasteiger charge is 2.24. The molecule has 0 aromatic heterocycles. The molecule has 1 unspecified atom stereocenters. The van der Waals surface area contributed by atoms with Crippen LogP contribution in [-0.2, 0) is 9.47 Å². The van der Waals surface area contributed by atoms with Crippen molar-refractivity contribution >= 4 is 0 Å². The number of ether oxygens (including phenoxy) is 2. The van der Waals surface area contributed by atoms with Crippen molar-refractivity contribution in [3.63, 3.8) is 0 Å². The lowest BCUT2D eigenvalue weighted by molar-refractivity contribution is -0.195. The lowest BCUT2D eigenvalue weighted by Crippen LogP contribution is -2.32. The highest BCUT2D eigenvalue weighted by Crippen LogP contribution is 2.24. The maximum absolute atomic E-state index is 10.8. The van der Waals surface area contributed by atoms with Crippen LogP contribution in [0, 0.1) is 5.92 Å². The first kappa shape index (κ1) is 27.9. The molecule has 0 bridgehead atoms. The van der Waals surface area contributed by atoms with Crippen molar-refractivity contribution in [2.75, 3.05) is 6.61 Å². The minimum absolute atomic E-state index is 0.0469. The Labute approximate surface area is 188 Å². The third-order valence-electron chi connectivity index (χ3n) is 6.79. The minimum Gasteiger partial charge on any atom is -0.393 e.